The lowest BCUT2D eigenvalue weighted by Crippen LogP contribution is -2.27. The molecule has 1 aliphatic heterocycles. The van der Waals surface area contributed by atoms with Gasteiger partial charge in [0.1, 0.15) is 0 Å². The Bertz CT molecular complexity index is 892. The predicted molar refractivity (Wildman–Crippen MR) is 112 cm³/mol. The summed E-state index contributed by atoms with van der Waals surface area (Å²) in [4.78, 5) is 26.5. The molecule has 0 radical (unpaired) electrons. The average Bonchev–Trinajstić information content (AvgIpc) is 2.91. The minimum Gasteiger partial charge on any atom is -0.462 e. The maximum absolute atomic E-state index is 12.8. The molecular weight excluding hydrogens is 434 g/mol. The summed E-state index contributed by atoms with van der Waals surface area (Å²) in [5, 5.41) is 0. The molecule has 1 saturated heterocycles. The first-order valence-electron chi connectivity index (χ1n) is 7.80. The van der Waals surface area contributed by atoms with Gasteiger partial charge >= 0.3 is 5.97 Å². The van der Waals surface area contributed by atoms with Gasteiger partial charge in [0.15, 0.2) is 4.32 Å². The number of carbonyl (C=O) groups is 2. The molecule has 0 bridgehead atoms. The molecule has 0 spiro atoms. The summed E-state index contributed by atoms with van der Waals surface area (Å²) in [6.07, 6.45) is 1.82. The molecule has 2 aromatic rings. The number of thiocarbonyl (C=S) groups is 1. The molecule has 0 aliphatic carbocycles. The van der Waals surface area contributed by atoms with Crippen LogP contribution in [0.25, 0.3) is 6.08 Å². The lowest BCUT2D eigenvalue weighted by Gasteiger charge is -2.14. The third kappa shape index (κ3) is 4.06. The molecule has 0 unspecified atom stereocenters. The fraction of sp³-hybridized carbons (Fsp3) is 0.105. The Balaban J connectivity index is 1.83. The van der Waals surface area contributed by atoms with Crippen LogP contribution in [-0.4, -0.2) is 22.8 Å². The monoisotopic (exact) mass is 447 g/mol. The van der Waals surface area contributed by atoms with Gasteiger partial charge in [0.2, 0.25) is 0 Å². The van der Waals surface area contributed by atoms with Gasteiger partial charge in [-0.15, -0.1) is 0 Å². The van der Waals surface area contributed by atoms with Crippen molar-refractivity contribution in [3.63, 3.8) is 0 Å². The van der Waals surface area contributed by atoms with E-state index in [1.165, 1.54) is 16.7 Å². The largest absolute Gasteiger partial charge is 0.462 e. The van der Waals surface area contributed by atoms with Crippen LogP contribution in [0.2, 0.25) is 0 Å². The Labute approximate surface area is 169 Å². The number of hydrogen-bond donors (Lipinski definition) is 0. The summed E-state index contributed by atoms with van der Waals surface area (Å²) in [7, 11) is 0. The van der Waals surface area contributed by atoms with E-state index in [0.717, 1.165) is 10.0 Å². The van der Waals surface area contributed by atoms with E-state index in [0.29, 0.717) is 27.1 Å². The second-order valence-corrected chi connectivity index (χ2v) is 7.93. The topological polar surface area (TPSA) is 46.6 Å². The number of benzene rings is 2. The summed E-state index contributed by atoms with van der Waals surface area (Å²) < 4.78 is 6.40. The minimum atomic E-state index is -0.389. The summed E-state index contributed by atoms with van der Waals surface area (Å²) in [6.45, 7) is 2.07. The Morgan fingerprint density at radius 3 is 2.46 bits per heavy atom. The molecule has 0 aromatic heterocycles. The number of ether oxygens (including phenoxy) is 1. The molecule has 0 N–H and O–H groups in total. The molecule has 0 saturated carbocycles. The fourth-order valence-corrected chi connectivity index (χ4v) is 3.93. The quantitative estimate of drug-likeness (QED) is 0.373. The normalized spacial score (nSPS) is 15.6. The van der Waals surface area contributed by atoms with Gasteiger partial charge in [-0.25, -0.2) is 4.79 Å². The highest BCUT2D eigenvalue weighted by molar-refractivity contribution is 9.10. The van der Waals surface area contributed by atoms with Crippen molar-refractivity contribution in [2.24, 2.45) is 0 Å². The van der Waals surface area contributed by atoms with E-state index < -0.39 is 0 Å². The maximum atomic E-state index is 12.8. The van der Waals surface area contributed by atoms with Crippen molar-refractivity contribution < 1.29 is 14.3 Å². The SMILES string of the molecule is CCOC(=O)c1ccc(N2C(=O)/C(=C\c3ccc(Br)cc3)SC2=S)cc1. The van der Waals surface area contributed by atoms with Crippen LogP contribution in [0.15, 0.2) is 57.9 Å². The van der Waals surface area contributed by atoms with Crippen LogP contribution in [0, 0.1) is 0 Å². The zero-order valence-electron chi connectivity index (χ0n) is 13.8. The summed E-state index contributed by atoms with van der Waals surface area (Å²) in [6, 6.07) is 14.3. The van der Waals surface area contributed by atoms with Gasteiger partial charge in [-0.3, -0.25) is 9.69 Å². The highest BCUT2D eigenvalue weighted by Crippen LogP contribution is 2.36. The number of esters is 1. The van der Waals surface area contributed by atoms with Gasteiger partial charge in [0.25, 0.3) is 5.91 Å². The first-order valence-corrected chi connectivity index (χ1v) is 9.82. The average molecular weight is 448 g/mol. The van der Waals surface area contributed by atoms with Crippen LogP contribution in [-0.2, 0) is 9.53 Å². The molecule has 2 aromatic carbocycles. The summed E-state index contributed by atoms with van der Waals surface area (Å²) in [5.74, 6) is -0.564. The number of hydrogen-bond acceptors (Lipinski definition) is 5. The Morgan fingerprint density at radius 2 is 1.85 bits per heavy atom. The Kier molecular flexibility index (Phi) is 5.90. The van der Waals surface area contributed by atoms with E-state index in [-0.39, 0.29) is 11.9 Å². The Morgan fingerprint density at radius 1 is 1.19 bits per heavy atom. The van der Waals surface area contributed by atoms with Gasteiger partial charge in [-0.1, -0.05) is 52.0 Å². The van der Waals surface area contributed by atoms with Crippen molar-refractivity contribution in [1.82, 2.24) is 0 Å². The maximum Gasteiger partial charge on any atom is 0.338 e. The van der Waals surface area contributed by atoms with Crippen LogP contribution < -0.4 is 4.90 Å². The molecule has 132 valence electrons. The summed E-state index contributed by atoms with van der Waals surface area (Å²) in [5.41, 5.74) is 1.98. The smallest absolute Gasteiger partial charge is 0.338 e. The van der Waals surface area contributed by atoms with Crippen LogP contribution in [0.3, 0.4) is 0 Å². The van der Waals surface area contributed by atoms with Crippen molar-refractivity contribution in [2.75, 3.05) is 11.5 Å². The highest BCUT2D eigenvalue weighted by atomic mass is 79.9. The highest BCUT2D eigenvalue weighted by Gasteiger charge is 2.33. The first kappa shape index (κ1) is 18.8. The third-order valence-corrected chi connectivity index (χ3v) is 5.43. The van der Waals surface area contributed by atoms with Crippen LogP contribution in [0.4, 0.5) is 5.69 Å². The van der Waals surface area contributed by atoms with E-state index in [2.05, 4.69) is 15.9 Å². The zero-order chi connectivity index (χ0) is 18.7. The van der Waals surface area contributed by atoms with E-state index in [4.69, 9.17) is 17.0 Å². The van der Waals surface area contributed by atoms with Crippen molar-refractivity contribution in [3.8, 4) is 0 Å². The summed E-state index contributed by atoms with van der Waals surface area (Å²) >= 11 is 10.0. The number of nitrogens with zero attached hydrogens (tertiary/aromatic N) is 1. The van der Waals surface area contributed by atoms with Crippen molar-refractivity contribution in [1.29, 1.82) is 0 Å². The van der Waals surface area contributed by atoms with E-state index in [1.807, 2.05) is 30.3 Å². The molecule has 1 heterocycles. The number of amides is 1. The van der Waals surface area contributed by atoms with Gasteiger partial charge in [-0.05, 0) is 55.0 Å². The standard InChI is InChI=1S/C19H14BrNO3S2/c1-2-24-18(23)13-5-9-15(10-6-13)21-17(22)16(26-19(21)25)11-12-3-7-14(20)8-4-12/h3-11H,2H2,1H3/b16-11+. The third-order valence-electron chi connectivity index (χ3n) is 3.60. The van der Waals surface area contributed by atoms with Crippen LogP contribution in [0.1, 0.15) is 22.8 Å². The molecule has 1 aliphatic rings. The number of halogens is 1. The number of carbonyl (C=O) groups excluding carboxylic acids is 2. The van der Waals surface area contributed by atoms with E-state index in [9.17, 15) is 9.59 Å². The number of rotatable bonds is 4. The second kappa shape index (κ2) is 8.16. The molecule has 4 nitrogen and oxygen atoms in total. The van der Waals surface area contributed by atoms with Crippen LogP contribution >= 0.6 is 39.9 Å². The van der Waals surface area contributed by atoms with Gasteiger partial charge < -0.3 is 4.74 Å². The van der Waals surface area contributed by atoms with Gasteiger partial charge in [-0.2, -0.15) is 0 Å². The number of thioether (sulfide) groups is 1. The first-order chi connectivity index (χ1) is 12.5. The molecule has 1 fully saturated rings. The fourth-order valence-electron chi connectivity index (χ4n) is 2.36. The molecule has 26 heavy (non-hydrogen) atoms. The molecule has 7 heteroatoms. The van der Waals surface area contributed by atoms with Gasteiger partial charge in [0.05, 0.1) is 22.8 Å². The lowest BCUT2D eigenvalue weighted by molar-refractivity contribution is -0.113. The van der Waals surface area contributed by atoms with E-state index >= 15 is 0 Å². The Hall–Kier alpha value is -1.96. The number of anilines is 1. The van der Waals surface area contributed by atoms with Crippen molar-refractivity contribution in [2.45, 2.75) is 6.92 Å². The zero-order valence-corrected chi connectivity index (χ0v) is 17.0. The predicted octanol–water partition coefficient (Wildman–Crippen LogP) is 5.03. The molecule has 3 rings (SSSR count). The molecular formula is C19H14BrNO3S2. The van der Waals surface area contributed by atoms with Crippen molar-refractivity contribution in [3.05, 3.63) is 69.0 Å². The van der Waals surface area contributed by atoms with Crippen molar-refractivity contribution >= 4 is 67.9 Å². The minimum absolute atomic E-state index is 0.174. The second-order valence-electron chi connectivity index (χ2n) is 5.34. The van der Waals surface area contributed by atoms with Gasteiger partial charge in [0, 0.05) is 4.47 Å². The molecule has 0 atom stereocenters. The van der Waals surface area contributed by atoms with E-state index in [1.54, 1.807) is 31.2 Å². The molecule has 1 amide bonds. The van der Waals surface area contributed by atoms with Crippen LogP contribution in [0.5, 0.6) is 0 Å². The lowest BCUT2D eigenvalue weighted by atomic mass is 10.2.